The molecule has 0 aliphatic rings. The van der Waals surface area contributed by atoms with Gasteiger partial charge in [-0.2, -0.15) is 0 Å². The maximum Gasteiger partial charge on any atom is 0.175 e. The second-order valence-corrected chi connectivity index (χ2v) is 3.19. The fourth-order valence-corrected chi connectivity index (χ4v) is 1.04. The van der Waals surface area contributed by atoms with E-state index < -0.39 is 6.10 Å². The summed E-state index contributed by atoms with van der Waals surface area (Å²) in [5.41, 5.74) is 1.21. The van der Waals surface area contributed by atoms with Crippen molar-refractivity contribution in [2.45, 2.75) is 19.6 Å². The van der Waals surface area contributed by atoms with E-state index in [9.17, 15) is 5.11 Å². The van der Waals surface area contributed by atoms with Gasteiger partial charge in [0.1, 0.15) is 6.10 Å². The third-order valence-electron chi connectivity index (χ3n) is 1.66. The van der Waals surface area contributed by atoms with Gasteiger partial charge in [-0.15, -0.1) is 11.6 Å². The van der Waals surface area contributed by atoms with E-state index >= 15 is 0 Å². The maximum atomic E-state index is 9.23. The molecule has 0 unspecified atom stereocenters. The van der Waals surface area contributed by atoms with Gasteiger partial charge in [-0.3, -0.25) is 0 Å². The Morgan fingerprint density at radius 2 is 2.08 bits per heavy atom. The lowest BCUT2D eigenvalue weighted by atomic mass is 10.3. The number of halogens is 1. The van der Waals surface area contributed by atoms with Crippen molar-refractivity contribution < 1.29 is 9.67 Å². The summed E-state index contributed by atoms with van der Waals surface area (Å²) < 4.78 is 1.92. The van der Waals surface area contributed by atoms with Crippen molar-refractivity contribution in [2.75, 3.05) is 5.88 Å². The van der Waals surface area contributed by atoms with Crippen molar-refractivity contribution in [1.82, 2.24) is 0 Å². The first-order valence-electron chi connectivity index (χ1n) is 3.92. The van der Waals surface area contributed by atoms with Crippen LogP contribution in [0.2, 0.25) is 0 Å². The van der Waals surface area contributed by atoms with Crippen LogP contribution in [0.25, 0.3) is 0 Å². The first-order valence-corrected chi connectivity index (χ1v) is 4.45. The summed E-state index contributed by atoms with van der Waals surface area (Å²) in [5, 5.41) is 9.23. The van der Waals surface area contributed by atoms with Crippen molar-refractivity contribution >= 4 is 11.6 Å². The second-order valence-electron chi connectivity index (χ2n) is 2.88. The van der Waals surface area contributed by atoms with E-state index in [1.165, 1.54) is 5.56 Å². The van der Waals surface area contributed by atoms with Crippen molar-refractivity contribution in [3.8, 4) is 0 Å². The van der Waals surface area contributed by atoms with E-state index in [0.717, 1.165) is 0 Å². The minimum Gasteiger partial charge on any atom is -0.385 e. The van der Waals surface area contributed by atoms with Crippen molar-refractivity contribution in [3.63, 3.8) is 0 Å². The summed E-state index contributed by atoms with van der Waals surface area (Å²) >= 11 is 5.47. The molecule has 1 rings (SSSR count). The van der Waals surface area contributed by atoms with Crippen LogP contribution in [0.3, 0.4) is 0 Å². The lowest BCUT2D eigenvalue weighted by Gasteiger charge is -2.01. The van der Waals surface area contributed by atoms with Gasteiger partial charge in [-0.25, -0.2) is 4.57 Å². The summed E-state index contributed by atoms with van der Waals surface area (Å²) in [4.78, 5) is 0. The molecule has 66 valence electrons. The van der Waals surface area contributed by atoms with Crippen molar-refractivity contribution in [1.29, 1.82) is 0 Å². The van der Waals surface area contributed by atoms with Gasteiger partial charge in [0, 0.05) is 12.1 Å². The number of hydrogen-bond acceptors (Lipinski definition) is 1. The Bertz CT molecular complexity index is 235. The molecule has 12 heavy (non-hydrogen) atoms. The summed E-state index contributed by atoms with van der Waals surface area (Å²) in [7, 11) is 0. The molecule has 1 aromatic heterocycles. The molecule has 0 fully saturated rings. The van der Waals surface area contributed by atoms with Gasteiger partial charge >= 0.3 is 0 Å². The first kappa shape index (κ1) is 9.49. The number of hydrogen-bond donors (Lipinski definition) is 1. The Labute approximate surface area is 77.4 Å². The number of pyridine rings is 1. The molecular weight excluding hydrogens is 174 g/mol. The molecule has 2 nitrogen and oxygen atoms in total. The fourth-order valence-electron chi connectivity index (χ4n) is 0.946. The van der Waals surface area contributed by atoms with Gasteiger partial charge in [0.05, 0.1) is 5.88 Å². The standard InChI is InChI=1S/C9H13ClNO/c1-8-2-4-11(5-3-8)7-9(12)6-10/h2-5,9,12H,6-7H2,1H3/q+1/t9-/m1/s1. The Morgan fingerprint density at radius 1 is 1.50 bits per heavy atom. The van der Waals surface area contributed by atoms with Crippen LogP contribution < -0.4 is 4.57 Å². The summed E-state index contributed by atoms with van der Waals surface area (Å²) in [5.74, 6) is 0.279. The predicted octanol–water partition coefficient (Wildman–Crippen LogP) is 0.882. The number of nitrogens with zero attached hydrogens (tertiary/aromatic N) is 1. The van der Waals surface area contributed by atoms with Crippen LogP contribution >= 0.6 is 11.6 Å². The summed E-state index contributed by atoms with van der Waals surface area (Å²) in [6.45, 7) is 2.59. The zero-order valence-electron chi connectivity index (χ0n) is 7.07. The summed E-state index contributed by atoms with van der Waals surface area (Å²) in [6, 6.07) is 4.00. The van der Waals surface area contributed by atoms with E-state index in [-0.39, 0.29) is 5.88 Å². The molecule has 0 aliphatic heterocycles. The van der Waals surface area contributed by atoms with Gasteiger partial charge in [0.2, 0.25) is 0 Å². The highest BCUT2D eigenvalue weighted by Gasteiger charge is 2.07. The molecule has 0 bridgehead atoms. The van der Waals surface area contributed by atoms with Crippen molar-refractivity contribution in [2.24, 2.45) is 0 Å². The van der Waals surface area contributed by atoms with Gasteiger partial charge in [0.15, 0.2) is 18.9 Å². The van der Waals surface area contributed by atoms with E-state index in [4.69, 9.17) is 11.6 Å². The van der Waals surface area contributed by atoms with Crippen LogP contribution in [0.4, 0.5) is 0 Å². The monoisotopic (exact) mass is 186 g/mol. The largest absolute Gasteiger partial charge is 0.385 e. The van der Waals surface area contributed by atoms with Crippen LogP contribution in [-0.2, 0) is 6.54 Å². The molecule has 3 heteroatoms. The molecule has 0 aromatic carbocycles. The molecule has 0 saturated carbocycles. The molecule has 0 saturated heterocycles. The maximum absolute atomic E-state index is 9.23. The minimum atomic E-state index is -0.459. The number of alkyl halides is 1. The number of aromatic nitrogens is 1. The SMILES string of the molecule is Cc1cc[n+](C[C@H](O)CCl)cc1. The molecule has 0 radical (unpaired) electrons. The van der Waals surface area contributed by atoms with Gasteiger partial charge in [-0.05, 0) is 12.5 Å². The topological polar surface area (TPSA) is 24.1 Å². The first-order chi connectivity index (χ1) is 5.72. The third-order valence-corrected chi connectivity index (χ3v) is 2.01. The van der Waals surface area contributed by atoms with Crippen LogP contribution in [0.5, 0.6) is 0 Å². The molecule has 0 aliphatic carbocycles. The normalized spacial score (nSPS) is 12.9. The Morgan fingerprint density at radius 3 is 2.58 bits per heavy atom. The Balaban J connectivity index is 2.58. The molecule has 1 aromatic rings. The lowest BCUT2D eigenvalue weighted by molar-refractivity contribution is -0.703. The fraction of sp³-hybridized carbons (Fsp3) is 0.444. The van der Waals surface area contributed by atoms with Gasteiger partial charge < -0.3 is 5.11 Å². The summed E-state index contributed by atoms with van der Waals surface area (Å²) in [6.07, 6.45) is 3.41. The molecule has 1 N–H and O–H groups in total. The highest BCUT2D eigenvalue weighted by atomic mass is 35.5. The molecule has 1 atom stereocenters. The van der Waals surface area contributed by atoms with Crippen LogP contribution in [0.1, 0.15) is 5.56 Å². The highest BCUT2D eigenvalue weighted by molar-refractivity contribution is 6.18. The van der Waals surface area contributed by atoms with Crippen LogP contribution in [0, 0.1) is 6.92 Å². The van der Waals surface area contributed by atoms with Gasteiger partial charge in [0.25, 0.3) is 0 Å². The number of aliphatic hydroxyl groups excluding tert-OH is 1. The average molecular weight is 187 g/mol. The number of aryl methyl sites for hydroxylation is 1. The number of rotatable bonds is 3. The molecule has 1 heterocycles. The highest BCUT2D eigenvalue weighted by Crippen LogP contribution is 1.92. The zero-order chi connectivity index (χ0) is 8.97. The average Bonchev–Trinajstić information content (AvgIpc) is 2.09. The van der Waals surface area contributed by atoms with E-state index in [0.29, 0.717) is 6.54 Å². The van der Waals surface area contributed by atoms with Crippen LogP contribution in [0.15, 0.2) is 24.5 Å². The smallest absolute Gasteiger partial charge is 0.175 e. The third kappa shape index (κ3) is 2.80. The predicted molar refractivity (Wildman–Crippen MR) is 48.1 cm³/mol. The second kappa shape index (κ2) is 4.43. The minimum absolute atomic E-state index is 0.279. The van der Waals surface area contributed by atoms with Crippen molar-refractivity contribution in [3.05, 3.63) is 30.1 Å². The van der Waals surface area contributed by atoms with E-state index in [1.54, 1.807) is 0 Å². The lowest BCUT2D eigenvalue weighted by Crippen LogP contribution is -2.39. The quantitative estimate of drug-likeness (QED) is 0.550. The van der Waals surface area contributed by atoms with E-state index in [2.05, 4.69) is 0 Å². The Kier molecular flexibility index (Phi) is 3.50. The molecular formula is C9H13ClNO+. The number of aliphatic hydroxyl groups is 1. The molecule has 0 spiro atoms. The zero-order valence-corrected chi connectivity index (χ0v) is 7.83. The van der Waals surface area contributed by atoms with E-state index in [1.807, 2.05) is 36.0 Å². The Hall–Kier alpha value is -0.600. The van der Waals surface area contributed by atoms with Gasteiger partial charge in [-0.1, -0.05) is 0 Å². The van der Waals surface area contributed by atoms with Crippen LogP contribution in [-0.4, -0.2) is 17.1 Å². The molecule has 0 amide bonds.